The van der Waals surface area contributed by atoms with Crippen molar-refractivity contribution in [3.05, 3.63) is 94.8 Å². The molecule has 0 bridgehead atoms. The number of amides is 2. The summed E-state index contributed by atoms with van der Waals surface area (Å²) in [5.41, 5.74) is 2.64. The van der Waals surface area contributed by atoms with Gasteiger partial charge in [-0.3, -0.25) is 14.6 Å². The van der Waals surface area contributed by atoms with Crippen LogP contribution in [0.3, 0.4) is 0 Å². The highest BCUT2D eigenvalue weighted by molar-refractivity contribution is 6.34. The summed E-state index contributed by atoms with van der Waals surface area (Å²) in [6.45, 7) is 1.86. The lowest BCUT2D eigenvalue weighted by Gasteiger charge is -2.16. The van der Waals surface area contributed by atoms with Crippen LogP contribution >= 0.6 is 0 Å². The molecule has 3 aromatic rings. The third-order valence-corrected chi connectivity index (χ3v) is 4.56. The topological polar surface area (TPSA) is 76.6 Å². The Morgan fingerprint density at radius 1 is 0.964 bits per heavy atom. The highest BCUT2D eigenvalue weighted by Crippen LogP contribution is 2.31. The zero-order valence-corrected chi connectivity index (χ0v) is 15.1. The number of hydrogen-bond donors (Lipinski definition) is 0. The number of rotatable bonds is 4. The minimum absolute atomic E-state index is 0.0268. The van der Waals surface area contributed by atoms with E-state index in [2.05, 4.69) is 4.98 Å². The molecule has 0 saturated carbocycles. The molecule has 0 N–H and O–H groups in total. The molecule has 1 aliphatic rings. The molecule has 1 aliphatic heterocycles. The van der Waals surface area contributed by atoms with E-state index in [0.29, 0.717) is 11.4 Å². The van der Waals surface area contributed by atoms with E-state index < -0.39 is 17.8 Å². The third kappa shape index (κ3) is 3.05. The maximum Gasteiger partial charge on any atom is 0.338 e. The average Bonchev–Trinajstić information content (AvgIpc) is 2.97. The van der Waals surface area contributed by atoms with E-state index in [9.17, 15) is 14.4 Å². The van der Waals surface area contributed by atoms with E-state index >= 15 is 0 Å². The number of nitrogens with zero attached hydrogens (tertiary/aromatic N) is 2. The van der Waals surface area contributed by atoms with Crippen molar-refractivity contribution >= 4 is 23.5 Å². The summed E-state index contributed by atoms with van der Waals surface area (Å²) in [4.78, 5) is 43.2. The van der Waals surface area contributed by atoms with Gasteiger partial charge in [0.25, 0.3) is 11.8 Å². The third-order valence-electron chi connectivity index (χ3n) is 4.56. The molecule has 0 radical (unpaired) electrons. The van der Waals surface area contributed by atoms with Gasteiger partial charge in [-0.1, -0.05) is 24.3 Å². The van der Waals surface area contributed by atoms with Gasteiger partial charge in [-0.2, -0.15) is 0 Å². The molecule has 1 aromatic heterocycles. The first kappa shape index (κ1) is 17.6. The smallest absolute Gasteiger partial charge is 0.338 e. The van der Waals surface area contributed by atoms with Crippen molar-refractivity contribution in [1.29, 1.82) is 0 Å². The molecule has 0 fully saturated rings. The van der Waals surface area contributed by atoms with Gasteiger partial charge in [-0.25, -0.2) is 9.69 Å². The van der Waals surface area contributed by atoms with E-state index in [-0.39, 0.29) is 23.3 Å². The number of anilines is 1. The molecule has 0 atom stereocenters. The van der Waals surface area contributed by atoms with Gasteiger partial charge in [0.05, 0.1) is 28.1 Å². The second-order valence-corrected chi connectivity index (χ2v) is 6.39. The molecule has 0 unspecified atom stereocenters. The zero-order valence-electron chi connectivity index (χ0n) is 15.1. The molecule has 0 aliphatic carbocycles. The molecule has 138 valence electrons. The van der Waals surface area contributed by atoms with Crippen LogP contribution in [-0.4, -0.2) is 22.8 Å². The Labute approximate surface area is 161 Å². The Morgan fingerprint density at radius 3 is 2.46 bits per heavy atom. The van der Waals surface area contributed by atoms with Gasteiger partial charge in [0, 0.05) is 6.20 Å². The molecule has 2 heterocycles. The lowest BCUT2D eigenvalue weighted by atomic mass is 10.1. The number of ether oxygens (including phenoxy) is 1. The molecule has 28 heavy (non-hydrogen) atoms. The molecule has 2 amide bonds. The van der Waals surface area contributed by atoms with Crippen molar-refractivity contribution in [3.8, 4) is 0 Å². The van der Waals surface area contributed by atoms with Crippen LogP contribution in [0.25, 0.3) is 0 Å². The van der Waals surface area contributed by atoms with Crippen molar-refractivity contribution in [3.63, 3.8) is 0 Å². The number of aromatic nitrogens is 1. The SMILES string of the molecule is Cc1ccccc1N1C(=O)c2ccc(C(=O)OCc3ccccn3)cc2C1=O. The molecule has 0 spiro atoms. The number of hydrogen-bond acceptors (Lipinski definition) is 5. The summed E-state index contributed by atoms with van der Waals surface area (Å²) in [7, 11) is 0. The molecule has 2 aromatic carbocycles. The molecular weight excluding hydrogens is 356 g/mol. The molecule has 6 heteroatoms. The Balaban J connectivity index is 1.58. The summed E-state index contributed by atoms with van der Waals surface area (Å²) in [5.74, 6) is -1.43. The number of para-hydroxylation sites is 1. The second kappa shape index (κ2) is 7.08. The van der Waals surface area contributed by atoms with Crippen molar-refractivity contribution in [2.45, 2.75) is 13.5 Å². The first-order chi connectivity index (χ1) is 13.6. The van der Waals surface area contributed by atoms with Crippen LogP contribution in [0.4, 0.5) is 5.69 Å². The number of fused-ring (bicyclic) bond motifs is 1. The second-order valence-electron chi connectivity index (χ2n) is 6.39. The van der Waals surface area contributed by atoms with E-state index in [1.165, 1.54) is 18.2 Å². The van der Waals surface area contributed by atoms with Crippen LogP contribution in [0.15, 0.2) is 66.9 Å². The zero-order chi connectivity index (χ0) is 19.7. The van der Waals surface area contributed by atoms with E-state index in [0.717, 1.165) is 10.5 Å². The van der Waals surface area contributed by atoms with E-state index in [1.807, 2.05) is 19.1 Å². The fourth-order valence-corrected chi connectivity index (χ4v) is 3.11. The van der Waals surface area contributed by atoms with Gasteiger partial charge in [0.1, 0.15) is 6.61 Å². The number of pyridine rings is 1. The fourth-order valence-electron chi connectivity index (χ4n) is 3.11. The van der Waals surface area contributed by atoms with Crippen LogP contribution < -0.4 is 4.90 Å². The molecule has 0 saturated heterocycles. The molecular formula is C22H16N2O4. The highest BCUT2D eigenvalue weighted by atomic mass is 16.5. The van der Waals surface area contributed by atoms with Crippen LogP contribution in [0.2, 0.25) is 0 Å². The lowest BCUT2D eigenvalue weighted by molar-refractivity contribution is 0.0467. The summed E-state index contributed by atoms with van der Waals surface area (Å²) in [5, 5.41) is 0. The number of esters is 1. The van der Waals surface area contributed by atoms with Crippen molar-refractivity contribution < 1.29 is 19.1 Å². The van der Waals surface area contributed by atoms with E-state index in [1.54, 1.807) is 36.5 Å². The maximum atomic E-state index is 12.9. The Hall–Kier alpha value is -3.80. The molecule has 6 nitrogen and oxygen atoms in total. The standard InChI is InChI=1S/C22H16N2O4/c1-14-6-2-3-8-19(14)24-20(25)17-10-9-15(12-18(17)21(24)26)22(27)28-13-16-7-4-5-11-23-16/h2-12H,13H2,1H3. The highest BCUT2D eigenvalue weighted by Gasteiger charge is 2.37. The summed E-state index contributed by atoms with van der Waals surface area (Å²) in [6, 6.07) is 16.9. The first-order valence-electron chi connectivity index (χ1n) is 8.72. The largest absolute Gasteiger partial charge is 0.456 e. The number of imide groups is 1. The van der Waals surface area contributed by atoms with Gasteiger partial charge in [0.2, 0.25) is 0 Å². The summed E-state index contributed by atoms with van der Waals surface area (Å²) < 4.78 is 5.26. The van der Waals surface area contributed by atoms with Gasteiger partial charge < -0.3 is 4.74 Å². The number of benzene rings is 2. The van der Waals surface area contributed by atoms with Crippen LogP contribution in [-0.2, 0) is 11.3 Å². The summed E-state index contributed by atoms with van der Waals surface area (Å²) >= 11 is 0. The quantitative estimate of drug-likeness (QED) is 0.517. The van der Waals surface area contributed by atoms with Crippen molar-refractivity contribution in [2.75, 3.05) is 4.90 Å². The van der Waals surface area contributed by atoms with Crippen LogP contribution in [0, 0.1) is 6.92 Å². The number of aryl methyl sites for hydroxylation is 1. The van der Waals surface area contributed by atoms with Gasteiger partial charge in [-0.05, 0) is 48.9 Å². The van der Waals surface area contributed by atoms with Crippen LogP contribution in [0.5, 0.6) is 0 Å². The lowest BCUT2D eigenvalue weighted by Crippen LogP contribution is -2.29. The maximum absolute atomic E-state index is 12.9. The predicted molar refractivity (Wildman–Crippen MR) is 102 cm³/mol. The summed E-state index contributed by atoms with van der Waals surface area (Å²) in [6.07, 6.45) is 1.61. The van der Waals surface area contributed by atoms with Gasteiger partial charge >= 0.3 is 5.97 Å². The van der Waals surface area contributed by atoms with Gasteiger partial charge in [0.15, 0.2) is 0 Å². The Morgan fingerprint density at radius 2 is 1.71 bits per heavy atom. The van der Waals surface area contributed by atoms with Gasteiger partial charge in [-0.15, -0.1) is 0 Å². The monoisotopic (exact) mass is 372 g/mol. The number of carbonyl (C=O) groups is 3. The van der Waals surface area contributed by atoms with E-state index in [4.69, 9.17) is 4.74 Å². The Kier molecular flexibility index (Phi) is 4.45. The fraction of sp³-hybridized carbons (Fsp3) is 0.0909. The minimum Gasteiger partial charge on any atom is -0.456 e. The Bertz CT molecular complexity index is 1090. The van der Waals surface area contributed by atoms with Crippen molar-refractivity contribution in [1.82, 2.24) is 4.98 Å². The van der Waals surface area contributed by atoms with Crippen molar-refractivity contribution in [2.24, 2.45) is 0 Å². The van der Waals surface area contributed by atoms with Crippen LogP contribution in [0.1, 0.15) is 42.3 Å². The average molecular weight is 372 g/mol. The molecule has 4 rings (SSSR count). The predicted octanol–water partition coefficient (Wildman–Crippen LogP) is 3.55. The first-order valence-corrected chi connectivity index (χ1v) is 8.72. The minimum atomic E-state index is -0.581. The number of carbonyl (C=O) groups excluding carboxylic acids is 3. The normalized spacial score (nSPS) is 12.8.